The molecule has 2 amide bonds. The second-order valence-electron chi connectivity index (χ2n) is 13.6. The molecule has 53 heavy (non-hydrogen) atoms. The number of carbonyl (C=O) groups excluding carboxylic acids is 2. The summed E-state index contributed by atoms with van der Waals surface area (Å²) in [6, 6.07) is 42.9. The maximum Gasteiger partial charge on any atom is 0.244 e. The number of piperidine rings is 1. The lowest BCUT2D eigenvalue weighted by Crippen LogP contribution is -2.54. The number of nitrogens with zero attached hydrogens (tertiary/aromatic N) is 2. The predicted molar refractivity (Wildman–Crippen MR) is 216 cm³/mol. The molecule has 1 saturated heterocycles. The van der Waals surface area contributed by atoms with Crippen molar-refractivity contribution in [2.24, 2.45) is 0 Å². The Kier molecular flexibility index (Phi) is 13.5. The summed E-state index contributed by atoms with van der Waals surface area (Å²) in [6.07, 6.45) is 4.08. The van der Waals surface area contributed by atoms with Crippen LogP contribution in [0.1, 0.15) is 35.1 Å². The number of rotatable bonds is 14. The lowest BCUT2D eigenvalue weighted by molar-refractivity contribution is -0.136. The van der Waals surface area contributed by atoms with Crippen molar-refractivity contribution in [3.63, 3.8) is 0 Å². The van der Waals surface area contributed by atoms with Crippen molar-refractivity contribution < 1.29 is 14.7 Å². The van der Waals surface area contributed by atoms with Gasteiger partial charge in [-0.15, -0.1) is 0 Å². The molecule has 0 saturated carbocycles. The van der Waals surface area contributed by atoms with E-state index >= 15 is 0 Å². The fraction of sp³-hybridized carbons (Fsp3) is 0.244. The smallest absolute Gasteiger partial charge is 0.244 e. The molecule has 0 bridgehead atoms. The molecule has 1 aliphatic rings. The molecule has 6 nitrogen and oxygen atoms in total. The lowest BCUT2D eigenvalue weighted by atomic mass is 9.97. The number of hydrogen-bond donors (Lipinski definition) is 2. The van der Waals surface area contributed by atoms with E-state index in [-0.39, 0.29) is 24.9 Å². The number of likely N-dealkylation sites (tertiary alicyclic amines) is 1. The summed E-state index contributed by atoms with van der Waals surface area (Å²) < 4.78 is 0. The normalized spacial score (nSPS) is 14.8. The first-order chi connectivity index (χ1) is 25.8. The van der Waals surface area contributed by atoms with Crippen molar-refractivity contribution in [3.8, 4) is 11.1 Å². The van der Waals surface area contributed by atoms with Gasteiger partial charge in [0.15, 0.2) is 0 Å². The highest BCUT2D eigenvalue weighted by molar-refractivity contribution is 6.37. The molecule has 6 rings (SSSR count). The Hall–Kier alpha value is -4.72. The van der Waals surface area contributed by atoms with E-state index in [1.165, 1.54) is 11.6 Å². The summed E-state index contributed by atoms with van der Waals surface area (Å²) in [5, 5.41) is 15.8. The minimum absolute atomic E-state index is 0.0453. The van der Waals surface area contributed by atoms with Crippen LogP contribution in [0.25, 0.3) is 17.2 Å². The molecule has 0 aromatic heterocycles. The Labute approximate surface area is 322 Å². The van der Waals surface area contributed by atoms with Gasteiger partial charge in [-0.05, 0) is 65.3 Å². The van der Waals surface area contributed by atoms with Crippen LogP contribution >= 0.6 is 23.2 Å². The van der Waals surface area contributed by atoms with Crippen LogP contribution in [0.5, 0.6) is 0 Å². The monoisotopic (exact) mass is 745 g/mol. The molecule has 2 atom stereocenters. The van der Waals surface area contributed by atoms with E-state index in [1.54, 1.807) is 24.3 Å². The van der Waals surface area contributed by atoms with E-state index in [1.807, 2.05) is 83.8 Å². The average Bonchev–Trinajstić information content (AvgIpc) is 3.18. The number of carbonyl (C=O) groups is 2. The van der Waals surface area contributed by atoms with Gasteiger partial charge in [-0.3, -0.25) is 14.5 Å². The number of hydrogen-bond acceptors (Lipinski definition) is 4. The minimum atomic E-state index is -1.04. The largest absolute Gasteiger partial charge is 0.389 e. The van der Waals surface area contributed by atoms with Gasteiger partial charge in [-0.1, -0.05) is 145 Å². The fourth-order valence-corrected chi connectivity index (χ4v) is 7.47. The molecule has 5 aromatic rings. The molecule has 1 fully saturated rings. The fourth-order valence-electron chi connectivity index (χ4n) is 6.95. The van der Waals surface area contributed by atoms with Gasteiger partial charge >= 0.3 is 0 Å². The summed E-state index contributed by atoms with van der Waals surface area (Å²) in [6.45, 7) is 2.62. The number of aliphatic hydroxyl groups excluding tert-OH is 1. The number of halogens is 2. The van der Waals surface area contributed by atoms with Crippen molar-refractivity contribution in [1.82, 2.24) is 15.1 Å². The van der Waals surface area contributed by atoms with Crippen LogP contribution in [0.2, 0.25) is 10.0 Å². The highest BCUT2D eigenvalue weighted by atomic mass is 35.5. The summed E-state index contributed by atoms with van der Waals surface area (Å²) in [5.74, 6) is -0.442. The summed E-state index contributed by atoms with van der Waals surface area (Å²) in [7, 11) is 0. The molecular weight excluding hydrogens is 701 g/mol. The second kappa shape index (κ2) is 18.9. The predicted octanol–water partition coefficient (Wildman–Crippen LogP) is 8.50. The number of nitrogens with one attached hydrogen (secondary N) is 1. The average molecular weight is 747 g/mol. The van der Waals surface area contributed by atoms with Crippen molar-refractivity contribution in [2.75, 3.05) is 19.6 Å². The Morgan fingerprint density at radius 3 is 1.92 bits per heavy atom. The molecule has 0 radical (unpaired) electrons. The van der Waals surface area contributed by atoms with E-state index in [4.69, 9.17) is 23.2 Å². The van der Waals surface area contributed by atoms with Gasteiger partial charge in [0.25, 0.3) is 0 Å². The van der Waals surface area contributed by atoms with E-state index in [9.17, 15) is 14.7 Å². The summed E-state index contributed by atoms with van der Waals surface area (Å²) >= 11 is 12.7. The van der Waals surface area contributed by atoms with Crippen LogP contribution in [0.3, 0.4) is 0 Å². The van der Waals surface area contributed by atoms with Gasteiger partial charge in [0.05, 0.1) is 18.6 Å². The molecule has 1 heterocycles. The van der Waals surface area contributed by atoms with Crippen molar-refractivity contribution in [1.29, 1.82) is 0 Å². The molecule has 0 aliphatic carbocycles. The van der Waals surface area contributed by atoms with Crippen molar-refractivity contribution in [3.05, 3.63) is 172 Å². The standard InChI is InChI=1S/C45H45Cl2N3O3/c46-40-17-10-18-41(47)39(40)23-24-44(52)48-42(29-33-11-4-1-5-12-33)43(51)32-50(38-25-27-49(28-26-38)31-35-13-6-2-7-14-35)45(53)30-34-19-21-37(22-20-34)36-15-8-3-9-16-36/h1-24,38,42-43,51H,25-32H2,(H,48,52)/b24-23+. The zero-order valence-electron chi connectivity index (χ0n) is 29.7. The highest BCUT2D eigenvalue weighted by Crippen LogP contribution is 2.26. The van der Waals surface area contributed by atoms with Gasteiger partial charge in [-0.25, -0.2) is 0 Å². The number of aliphatic hydroxyl groups is 1. The maximum atomic E-state index is 14.3. The maximum absolute atomic E-state index is 14.3. The van der Waals surface area contributed by atoms with Gasteiger partial charge < -0.3 is 15.3 Å². The Bertz CT molecular complexity index is 1930. The van der Waals surface area contributed by atoms with Crippen LogP contribution in [-0.2, 0) is 29.0 Å². The Morgan fingerprint density at radius 1 is 0.736 bits per heavy atom. The third-order valence-corrected chi connectivity index (χ3v) is 10.5. The SMILES string of the molecule is O=C(/C=C/c1c(Cl)cccc1Cl)NC(Cc1ccccc1)C(O)CN(C(=O)Cc1ccc(-c2ccccc2)cc1)C1CCN(Cc2ccccc2)CC1. The molecule has 2 N–H and O–H groups in total. The highest BCUT2D eigenvalue weighted by Gasteiger charge is 2.32. The third kappa shape index (κ3) is 10.9. The minimum Gasteiger partial charge on any atom is -0.389 e. The van der Waals surface area contributed by atoms with Gasteiger partial charge in [-0.2, -0.15) is 0 Å². The van der Waals surface area contributed by atoms with Crippen LogP contribution in [0.15, 0.2) is 140 Å². The molecule has 8 heteroatoms. The van der Waals surface area contributed by atoms with E-state index < -0.39 is 18.1 Å². The lowest BCUT2D eigenvalue weighted by Gasteiger charge is -2.40. The topological polar surface area (TPSA) is 72.9 Å². The molecule has 5 aromatic carbocycles. The number of amides is 2. The molecular formula is C45H45Cl2N3O3. The molecule has 2 unspecified atom stereocenters. The van der Waals surface area contributed by atoms with Gasteiger partial charge in [0, 0.05) is 53.9 Å². The quantitative estimate of drug-likeness (QED) is 0.112. The summed E-state index contributed by atoms with van der Waals surface area (Å²) in [4.78, 5) is 31.9. The Morgan fingerprint density at radius 2 is 1.30 bits per heavy atom. The first-order valence-electron chi connectivity index (χ1n) is 18.2. The third-order valence-electron chi connectivity index (χ3n) is 9.86. The molecule has 0 spiro atoms. The van der Waals surface area contributed by atoms with Crippen LogP contribution in [0.4, 0.5) is 0 Å². The van der Waals surface area contributed by atoms with Crippen molar-refractivity contribution >= 4 is 41.1 Å². The van der Waals surface area contributed by atoms with Gasteiger partial charge in [0.1, 0.15) is 0 Å². The van der Waals surface area contributed by atoms with Gasteiger partial charge in [0.2, 0.25) is 11.8 Å². The zero-order valence-corrected chi connectivity index (χ0v) is 31.2. The zero-order chi connectivity index (χ0) is 37.0. The van der Waals surface area contributed by atoms with Crippen LogP contribution in [0, 0.1) is 0 Å². The van der Waals surface area contributed by atoms with E-state index in [0.717, 1.165) is 54.7 Å². The van der Waals surface area contributed by atoms with Crippen molar-refractivity contribution in [2.45, 2.75) is 50.4 Å². The molecule has 272 valence electrons. The van der Waals surface area contributed by atoms with Crippen LogP contribution < -0.4 is 5.32 Å². The first kappa shape index (κ1) is 38.0. The second-order valence-corrected chi connectivity index (χ2v) is 14.4. The first-order valence-corrected chi connectivity index (χ1v) is 18.9. The molecule has 1 aliphatic heterocycles. The summed E-state index contributed by atoms with van der Waals surface area (Å²) in [5.41, 5.74) is 5.88. The van der Waals surface area contributed by atoms with E-state index in [2.05, 4.69) is 46.6 Å². The Balaban J connectivity index is 1.20. The van der Waals surface area contributed by atoms with E-state index in [0.29, 0.717) is 22.0 Å². The van der Waals surface area contributed by atoms with Crippen LogP contribution in [-0.4, -0.2) is 64.5 Å². The number of benzene rings is 5.